The SMILES string of the molecule is Cc1ccc2[nH]cc(CCC(=O)NCCC(=O)O)c2c1. The Hall–Kier alpha value is -2.30. The van der Waals surface area contributed by atoms with E-state index < -0.39 is 5.97 Å². The van der Waals surface area contributed by atoms with E-state index in [1.165, 1.54) is 5.56 Å². The lowest BCUT2D eigenvalue weighted by Gasteiger charge is -2.03. The molecule has 0 saturated carbocycles. The Balaban J connectivity index is 1.91. The maximum atomic E-state index is 11.6. The van der Waals surface area contributed by atoms with E-state index in [4.69, 9.17) is 5.11 Å². The molecule has 3 N–H and O–H groups in total. The fraction of sp³-hybridized carbons (Fsp3) is 0.333. The van der Waals surface area contributed by atoms with Crippen LogP contribution in [-0.2, 0) is 16.0 Å². The molecule has 5 nitrogen and oxygen atoms in total. The van der Waals surface area contributed by atoms with Crippen molar-refractivity contribution in [2.24, 2.45) is 0 Å². The van der Waals surface area contributed by atoms with E-state index in [2.05, 4.69) is 16.4 Å². The highest BCUT2D eigenvalue weighted by Gasteiger charge is 2.07. The van der Waals surface area contributed by atoms with E-state index in [1.807, 2.05) is 25.3 Å². The molecule has 1 heterocycles. The van der Waals surface area contributed by atoms with Gasteiger partial charge in [0.1, 0.15) is 0 Å². The van der Waals surface area contributed by atoms with Gasteiger partial charge in [-0.3, -0.25) is 9.59 Å². The highest BCUT2D eigenvalue weighted by atomic mass is 16.4. The highest BCUT2D eigenvalue weighted by molar-refractivity contribution is 5.85. The van der Waals surface area contributed by atoms with Gasteiger partial charge in [0.05, 0.1) is 6.42 Å². The number of carboxylic acid groups (broad SMARTS) is 1. The Kier molecular flexibility index (Phi) is 4.40. The van der Waals surface area contributed by atoms with Crippen molar-refractivity contribution in [3.63, 3.8) is 0 Å². The average Bonchev–Trinajstić information content (AvgIpc) is 2.78. The number of aliphatic carboxylic acids is 1. The Morgan fingerprint density at radius 1 is 1.30 bits per heavy atom. The number of aromatic amines is 1. The van der Waals surface area contributed by atoms with Gasteiger partial charge in [0.2, 0.25) is 5.91 Å². The molecule has 0 aliphatic heterocycles. The molecule has 0 radical (unpaired) electrons. The number of hydrogen-bond donors (Lipinski definition) is 3. The molecule has 0 bridgehead atoms. The molecule has 1 aromatic carbocycles. The normalized spacial score (nSPS) is 10.7. The van der Waals surface area contributed by atoms with Gasteiger partial charge in [0.15, 0.2) is 0 Å². The molecule has 2 aromatic rings. The second-order valence-corrected chi connectivity index (χ2v) is 4.86. The number of rotatable bonds is 6. The van der Waals surface area contributed by atoms with Crippen LogP contribution in [0.25, 0.3) is 10.9 Å². The Labute approximate surface area is 117 Å². The number of benzene rings is 1. The second-order valence-electron chi connectivity index (χ2n) is 4.86. The largest absolute Gasteiger partial charge is 0.481 e. The molecule has 0 unspecified atom stereocenters. The van der Waals surface area contributed by atoms with Crippen LogP contribution in [0.5, 0.6) is 0 Å². The molecular formula is C15H18N2O3. The number of aromatic nitrogens is 1. The van der Waals surface area contributed by atoms with Gasteiger partial charge in [-0.1, -0.05) is 11.6 Å². The summed E-state index contributed by atoms with van der Waals surface area (Å²) in [6.07, 6.45) is 2.88. The lowest BCUT2D eigenvalue weighted by molar-refractivity contribution is -0.136. The standard InChI is InChI=1S/C15H18N2O3/c1-10-2-4-13-12(8-10)11(9-17-13)3-5-14(18)16-7-6-15(19)20/h2,4,8-9,17H,3,5-7H2,1H3,(H,16,18)(H,19,20). The predicted octanol–water partition coefficient (Wildman–Crippen LogP) is 2.00. The summed E-state index contributed by atoms with van der Waals surface area (Å²) in [7, 11) is 0. The van der Waals surface area contributed by atoms with E-state index >= 15 is 0 Å². The Bertz CT molecular complexity index is 631. The summed E-state index contributed by atoms with van der Waals surface area (Å²) in [6.45, 7) is 2.22. The van der Waals surface area contributed by atoms with Gasteiger partial charge < -0.3 is 15.4 Å². The van der Waals surface area contributed by atoms with Crippen molar-refractivity contribution in [3.8, 4) is 0 Å². The van der Waals surface area contributed by atoms with Crippen molar-refractivity contribution in [3.05, 3.63) is 35.5 Å². The monoisotopic (exact) mass is 274 g/mol. The summed E-state index contributed by atoms with van der Waals surface area (Å²) in [4.78, 5) is 25.1. The number of amides is 1. The highest BCUT2D eigenvalue weighted by Crippen LogP contribution is 2.20. The summed E-state index contributed by atoms with van der Waals surface area (Å²) in [5.41, 5.74) is 3.36. The van der Waals surface area contributed by atoms with Crippen LogP contribution in [0.4, 0.5) is 0 Å². The summed E-state index contributed by atoms with van der Waals surface area (Å²) in [5.74, 6) is -1.02. The first-order chi connectivity index (χ1) is 9.56. The molecule has 0 saturated heterocycles. The lowest BCUT2D eigenvalue weighted by Crippen LogP contribution is -2.26. The fourth-order valence-corrected chi connectivity index (χ4v) is 2.14. The number of aryl methyl sites for hydroxylation is 2. The molecule has 5 heteroatoms. The molecule has 2 rings (SSSR count). The van der Waals surface area contributed by atoms with Crippen molar-refractivity contribution in [2.45, 2.75) is 26.2 Å². The third kappa shape index (κ3) is 3.60. The topological polar surface area (TPSA) is 82.2 Å². The van der Waals surface area contributed by atoms with Gasteiger partial charge >= 0.3 is 5.97 Å². The van der Waals surface area contributed by atoms with Crippen molar-refractivity contribution >= 4 is 22.8 Å². The van der Waals surface area contributed by atoms with Crippen LogP contribution in [0.3, 0.4) is 0 Å². The molecular weight excluding hydrogens is 256 g/mol. The zero-order valence-corrected chi connectivity index (χ0v) is 11.4. The van der Waals surface area contributed by atoms with Crippen LogP contribution < -0.4 is 5.32 Å². The minimum Gasteiger partial charge on any atom is -0.481 e. The van der Waals surface area contributed by atoms with E-state index in [9.17, 15) is 9.59 Å². The van der Waals surface area contributed by atoms with Crippen molar-refractivity contribution in [1.29, 1.82) is 0 Å². The smallest absolute Gasteiger partial charge is 0.305 e. The number of nitrogens with one attached hydrogen (secondary N) is 2. The van der Waals surface area contributed by atoms with E-state index in [0.29, 0.717) is 12.8 Å². The number of carboxylic acids is 1. The maximum absolute atomic E-state index is 11.6. The van der Waals surface area contributed by atoms with Crippen LogP contribution in [0, 0.1) is 6.92 Å². The van der Waals surface area contributed by atoms with Gasteiger partial charge in [-0.15, -0.1) is 0 Å². The first kappa shape index (κ1) is 14.1. The summed E-state index contributed by atoms with van der Waals surface area (Å²) in [5, 5.41) is 12.2. The molecule has 1 aromatic heterocycles. The quantitative estimate of drug-likeness (QED) is 0.753. The first-order valence-corrected chi connectivity index (χ1v) is 6.61. The maximum Gasteiger partial charge on any atom is 0.305 e. The first-order valence-electron chi connectivity index (χ1n) is 6.61. The molecule has 0 aliphatic carbocycles. The summed E-state index contributed by atoms with van der Waals surface area (Å²) < 4.78 is 0. The number of carbonyl (C=O) groups is 2. The molecule has 106 valence electrons. The minimum atomic E-state index is -0.905. The molecule has 0 atom stereocenters. The van der Waals surface area contributed by atoms with Crippen LogP contribution in [0.15, 0.2) is 24.4 Å². The molecule has 1 amide bonds. The lowest BCUT2D eigenvalue weighted by atomic mass is 10.1. The van der Waals surface area contributed by atoms with Crippen LogP contribution in [0.1, 0.15) is 24.0 Å². The molecule has 0 aliphatic rings. The van der Waals surface area contributed by atoms with E-state index in [1.54, 1.807) is 0 Å². The zero-order valence-electron chi connectivity index (χ0n) is 11.4. The third-order valence-corrected chi connectivity index (χ3v) is 3.21. The van der Waals surface area contributed by atoms with Crippen molar-refractivity contribution in [2.75, 3.05) is 6.54 Å². The van der Waals surface area contributed by atoms with Crippen molar-refractivity contribution in [1.82, 2.24) is 10.3 Å². The molecule has 0 spiro atoms. The Morgan fingerprint density at radius 3 is 2.85 bits per heavy atom. The molecule has 0 fully saturated rings. The van der Waals surface area contributed by atoms with Crippen molar-refractivity contribution < 1.29 is 14.7 Å². The average molecular weight is 274 g/mol. The van der Waals surface area contributed by atoms with Crippen LogP contribution >= 0.6 is 0 Å². The van der Waals surface area contributed by atoms with Gasteiger partial charge in [-0.05, 0) is 31.0 Å². The van der Waals surface area contributed by atoms with Gasteiger partial charge in [0.25, 0.3) is 0 Å². The summed E-state index contributed by atoms with van der Waals surface area (Å²) in [6, 6.07) is 6.17. The van der Waals surface area contributed by atoms with E-state index in [-0.39, 0.29) is 18.9 Å². The number of hydrogen-bond acceptors (Lipinski definition) is 2. The van der Waals surface area contributed by atoms with Gasteiger partial charge in [-0.25, -0.2) is 0 Å². The fourth-order valence-electron chi connectivity index (χ4n) is 2.14. The summed E-state index contributed by atoms with van der Waals surface area (Å²) >= 11 is 0. The zero-order chi connectivity index (χ0) is 14.5. The molecule has 20 heavy (non-hydrogen) atoms. The minimum absolute atomic E-state index is 0.0436. The number of carbonyl (C=O) groups excluding carboxylic acids is 1. The van der Waals surface area contributed by atoms with Crippen LogP contribution in [0.2, 0.25) is 0 Å². The second kappa shape index (κ2) is 6.23. The Morgan fingerprint density at radius 2 is 2.10 bits per heavy atom. The third-order valence-electron chi connectivity index (χ3n) is 3.21. The van der Waals surface area contributed by atoms with E-state index in [0.717, 1.165) is 16.5 Å². The van der Waals surface area contributed by atoms with Crippen LogP contribution in [-0.4, -0.2) is 28.5 Å². The van der Waals surface area contributed by atoms with Gasteiger partial charge in [0, 0.05) is 30.1 Å². The predicted molar refractivity (Wildman–Crippen MR) is 76.6 cm³/mol. The number of H-pyrrole nitrogens is 1. The van der Waals surface area contributed by atoms with Gasteiger partial charge in [-0.2, -0.15) is 0 Å². The number of fused-ring (bicyclic) bond motifs is 1.